The fourth-order valence-electron chi connectivity index (χ4n) is 2.01. The summed E-state index contributed by atoms with van der Waals surface area (Å²) in [7, 11) is 0. The normalized spacial score (nSPS) is 24.5. The molecule has 1 aliphatic heterocycles. The first kappa shape index (κ1) is 10.5. The average Bonchev–Trinajstić information content (AvgIpc) is 2.57. The van der Waals surface area contributed by atoms with Crippen molar-refractivity contribution in [2.45, 2.75) is 32.6 Å². The molecule has 76 valence electrons. The highest BCUT2D eigenvalue weighted by Gasteiger charge is 2.29. The maximum absolute atomic E-state index is 11.0. The molecular weight excluding hydrogens is 166 g/mol. The minimum absolute atomic E-state index is 0.116. The first-order chi connectivity index (χ1) is 6.25. The second-order valence-electron chi connectivity index (χ2n) is 3.84. The molecule has 1 rings (SSSR count). The van der Waals surface area contributed by atoms with Crippen molar-refractivity contribution in [1.29, 1.82) is 0 Å². The number of hydrogen-bond donors (Lipinski definition) is 2. The van der Waals surface area contributed by atoms with E-state index in [-0.39, 0.29) is 5.92 Å². The lowest BCUT2D eigenvalue weighted by molar-refractivity contribution is -0.143. The number of carbonyl (C=O) groups is 1. The Hall–Kier alpha value is -0.570. The zero-order chi connectivity index (χ0) is 9.68. The summed E-state index contributed by atoms with van der Waals surface area (Å²) in [6.45, 7) is 3.98. The van der Waals surface area contributed by atoms with Crippen LogP contribution in [0.5, 0.6) is 0 Å². The molecule has 0 aromatic carbocycles. The van der Waals surface area contributed by atoms with Crippen LogP contribution in [0.15, 0.2) is 0 Å². The van der Waals surface area contributed by atoms with Crippen molar-refractivity contribution in [3.63, 3.8) is 0 Å². The van der Waals surface area contributed by atoms with Crippen LogP contribution in [0.4, 0.5) is 0 Å². The van der Waals surface area contributed by atoms with Gasteiger partial charge < -0.3 is 10.4 Å². The molecule has 0 spiro atoms. The van der Waals surface area contributed by atoms with E-state index in [4.69, 9.17) is 5.11 Å². The molecule has 0 bridgehead atoms. The monoisotopic (exact) mass is 185 g/mol. The summed E-state index contributed by atoms with van der Waals surface area (Å²) in [4.78, 5) is 11.0. The lowest BCUT2D eigenvalue weighted by Gasteiger charge is -2.17. The summed E-state index contributed by atoms with van der Waals surface area (Å²) in [5.74, 6) is -0.360. The highest BCUT2D eigenvalue weighted by molar-refractivity contribution is 5.70. The molecule has 2 unspecified atom stereocenters. The molecule has 2 N–H and O–H groups in total. The van der Waals surface area contributed by atoms with Crippen LogP contribution in [0.25, 0.3) is 0 Å². The van der Waals surface area contributed by atoms with E-state index in [1.54, 1.807) is 0 Å². The van der Waals surface area contributed by atoms with Gasteiger partial charge in [-0.15, -0.1) is 0 Å². The van der Waals surface area contributed by atoms with Crippen molar-refractivity contribution in [2.24, 2.45) is 11.8 Å². The number of hydrogen-bond acceptors (Lipinski definition) is 2. The molecule has 1 aliphatic rings. The fourth-order valence-corrected chi connectivity index (χ4v) is 2.01. The predicted octanol–water partition coefficient (Wildman–Crippen LogP) is 1.49. The highest BCUT2D eigenvalue weighted by Crippen LogP contribution is 2.24. The number of unbranched alkanes of at least 4 members (excludes halogenated alkanes) is 1. The number of carboxylic acid groups (broad SMARTS) is 1. The maximum atomic E-state index is 11.0. The number of aliphatic carboxylic acids is 1. The molecule has 0 saturated carbocycles. The largest absolute Gasteiger partial charge is 0.481 e. The molecule has 1 heterocycles. The molecule has 0 aromatic heterocycles. The topological polar surface area (TPSA) is 49.3 Å². The molecule has 13 heavy (non-hydrogen) atoms. The Bertz CT molecular complexity index is 164. The van der Waals surface area contributed by atoms with Crippen LogP contribution >= 0.6 is 0 Å². The van der Waals surface area contributed by atoms with Crippen LogP contribution in [0, 0.1) is 11.8 Å². The van der Waals surface area contributed by atoms with Gasteiger partial charge in [-0.1, -0.05) is 19.8 Å². The summed E-state index contributed by atoms with van der Waals surface area (Å²) in [5.41, 5.74) is 0. The molecule has 3 nitrogen and oxygen atoms in total. The van der Waals surface area contributed by atoms with Crippen LogP contribution in [-0.4, -0.2) is 24.2 Å². The first-order valence-corrected chi connectivity index (χ1v) is 5.19. The zero-order valence-corrected chi connectivity index (χ0v) is 8.25. The molecule has 0 aromatic rings. The Morgan fingerprint density at radius 3 is 2.92 bits per heavy atom. The van der Waals surface area contributed by atoms with Gasteiger partial charge in [0.15, 0.2) is 0 Å². The molecular formula is C10H19NO2. The predicted molar refractivity (Wildman–Crippen MR) is 51.6 cm³/mol. The van der Waals surface area contributed by atoms with Crippen molar-refractivity contribution >= 4 is 5.97 Å². The van der Waals surface area contributed by atoms with Gasteiger partial charge in [-0.25, -0.2) is 0 Å². The minimum atomic E-state index is -0.609. The van der Waals surface area contributed by atoms with E-state index in [2.05, 4.69) is 12.2 Å². The van der Waals surface area contributed by atoms with Crippen molar-refractivity contribution in [2.75, 3.05) is 13.1 Å². The third-order valence-corrected chi connectivity index (χ3v) is 2.85. The van der Waals surface area contributed by atoms with E-state index in [1.165, 1.54) is 0 Å². The summed E-state index contributed by atoms with van der Waals surface area (Å²) in [6, 6.07) is 0. The summed E-state index contributed by atoms with van der Waals surface area (Å²) < 4.78 is 0. The van der Waals surface area contributed by atoms with Gasteiger partial charge in [-0.3, -0.25) is 4.79 Å². The Kier molecular flexibility index (Phi) is 4.22. The SMILES string of the molecule is CCCCC(C(=O)O)C1CCNC1. The second-order valence-corrected chi connectivity index (χ2v) is 3.84. The van der Waals surface area contributed by atoms with Crippen molar-refractivity contribution in [3.8, 4) is 0 Å². The smallest absolute Gasteiger partial charge is 0.306 e. The fraction of sp³-hybridized carbons (Fsp3) is 0.900. The minimum Gasteiger partial charge on any atom is -0.481 e. The van der Waals surface area contributed by atoms with Gasteiger partial charge in [0.25, 0.3) is 0 Å². The van der Waals surface area contributed by atoms with Crippen LogP contribution in [0.3, 0.4) is 0 Å². The van der Waals surface area contributed by atoms with E-state index >= 15 is 0 Å². The van der Waals surface area contributed by atoms with Gasteiger partial charge in [0.05, 0.1) is 5.92 Å². The summed E-state index contributed by atoms with van der Waals surface area (Å²) in [5, 5.41) is 12.3. The van der Waals surface area contributed by atoms with Gasteiger partial charge >= 0.3 is 5.97 Å². The number of nitrogens with one attached hydrogen (secondary N) is 1. The van der Waals surface area contributed by atoms with E-state index in [9.17, 15) is 4.79 Å². The van der Waals surface area contributed by atoms with Crippen LogP contribution < -0.4 is 5.32 Å². The van der Waals surface area contributed by atoms with Gasteiger partial charge in [0.1, 0.15) is 0 Å². The van der Waals surface area contributed by atoms with Crippen LogP contribution in [0.1, 0.15) is 32.6 Å². The van der Waals surface area contributed by atoms with E-state index < -0.39 is 5.97 Å². The Balaban J connectivity index is 2.40. The zero-order valence-electron chi connectivity index (χ0n) is 8.25. The van der Waals surface area contributed by atoms with E-state index in [0.29, 0.717) is 5.92 Å². The lowest BCUT2D eigenvalue weighted by Crippen LogP contribution is -2.25. The van der Waals surface area contributed by atoms with Crippen molar-refractivity contribution in [1.82, 2.24) is 5.32 Å². The first-order valence-electron chi connectivity index (χ1n) is 5.19. The average molecular weight is 185 g/mol. The molecule has 0 aliphatic carbocycles. The quantitative estimate of drug-likeness (QED) is 0.682. The standard InChI is InChI=1S/C10H19NO2/c1-2-3-4-9(10(12)13)8-5-6-11-7-8/h8-9,11H,2-7H2,1H3,(H,12,13). The Morgan fingerprint density at radius 1 is 1.69 bits per heavy atom. The van der Waals surface area contributed by atoms with Gasteiger partial charge in [-0.05, 0) is 31.8 Å². The Morgan fingerprint density at radius 2 is 2.46 bits per heavy atom. The number of rotatable bonds is 5. The Labute approximate surface area is 79.5 Å². The molecule has 3 heteroatoms. The highest BCUT2D eigenvalue weighted by atomic mass is 16.4. The van der Waals surface area contributed by atoms with Crippen molar-refractivity contribution < 1.29 is 9.90 Å². The molecule has 1 fully saturated rings. The van der Waals surface area contributed by atoms with Crippen LogP contribution in [0.2, 0.25) is 0 Å². The van der Waals surface area contributed by atoms with Gasteiger partial charge in [0, 0.05) is 0 Å². The van der Waals surface area contributed by atoms with E-state index in [0.717, 1.165) is 38.8 Å². The van der Waals surface area contributed by atoms with Gasteiger partial charge in [0.2, 0.25) is 0 Å². The molecule has 0 amide bonds. The molecule has 2 atom stereocenters. The molecule has 1 saturated heterocycles. The summed E-state index contributed by atoms with van der Waals surface area (Å²) >= 11 is 0. The molecule has 0 radical (unpaired) electrons. The van der Waals surface area contributed by atoms with Crippen LogP contribution in [-0.2, 0) is 4.79 Å². The van der Waals surface area contributed by atoms with Crippen molar-refractivity contribution in [3.05, 3.63) is 0 Å². The third-order valence-electron chi connectivity index (χ3n) is 2.85. The maximum Gasteiger partial charge on any atom is 0.306 e. The lowest BCUT2D eigenvalue weighted by atomic mass is 9.87. The van der Waals surface area contributed by atoms with Gasteiger partial charge in [-0.2, -0.15) is 0 Å². The second kappa shape index (κ2) is 5.22. The summed E-state index contributed by atoms with van der Waals surface area (Å²) in [6.07, 6.45) is 4.00. The van der Waals surface area contributed by atoms with E-state index in [1.807, 2.05) is 0 Å². The third kappa shape index (κ3) is 2.99. The number of carboxylic acids is 1.